The number of hydrogen-bond acceptors (Lipinski definition) is 2. The molecule has 2 rings (SSSR count). The van der Waals surface area contributed by atoms with Gasteiger partial charge in [-0.15, -0.1) is 0 Å². The second kappa shape index (κ2) is 5.06. The SMILES string of the molecule is Cc1ccccc1C(=O)c1c(Br)cnn1C(C)C. The lowest BCUT2D eigenvalue weighted by molar-refractivity contribution is 0.102. The summed E-state index contributed by atoms with van der Waals surface area (Å²) in [7, 11) is 0. The van der Waals surface area contributed by atoms with Crippen LogP contribution in [0.25, 0.3) is 0 Å². The first kappa shape index (κ1) is 13.0. The molecule has 0 atom stereocenters. The molecular weight excluding hydrogens is 292 g/mol. The average Bonchev–Trinajstić information content (AvgIpc) is 2.71. The smallest absolute Gasteiger partial charge is 0.212 e. The first-order chi connectivity index (χ1) is 8.52. The van der Waals surface area contributed by atoms with Gasteiger partial charge in [-0.25, -0.2) is 0 Å². The number of aromatic nitrogens is 2. The van der Waals surface area contributed by atoms with E-state index in [1.54, 1.807) is 10.9 Å². The average molecular weight is 307 g/mol. The van der Waals surface area contributed by atoms with Crippen LogP contribution in [0.1, 0.15) is 41.5 Å². The predicted molar refractivity (Wildman–Crippen MR) is 74.9 cm³/mol. The van der Waals surface area contributed by atoms with E-state index in [1.807, 2.05) is 45.0 Å². The van der Waals surface area contributed by atoms with Crippen LogP contribution in [-0.4, -0.2) is 15.6 Å². The first-order valence-corrected chi connectivity index (χ1v) is 6.65. The maximum Gasteiger partial charge on any atom is 0.212 e. The summed E-state index contributed by atoms with van der Waals surface area (Å²) < 4.78 is 2.49. The number of carbonyl (C=O) groups is 1. The van der Waals surface area contributed by atoms with Gasteiger partial charge >= 0.3 is 0 Å². The van der Waals surface area contributed by atoms with Gasteiger partial charge in [-0.05, 0) is 42.3 Å². The second-order valence-corrected chi connectivity index (χ2v) is 5.38. The van der Waals surface area contributed by atoms with Crippen LogP contribution in [0.2, 0.25) is 0 Å². The summed E-state index contributed by atoms with van der Waals surface area (Å²) in [6, 6.07) is 7.75. The van der Waals surface area contributed by atoms with Crippen molar-refractivity contribution >= 4 is 21.7 Å². The van der Waals surface area contributed by atoms with E-state index < -0.39 is 0 Å². The molecule has 2 aromatic rings. The molecule has 18 heavy (non-hydrogen) atoms. The Morgan fingerprint density at radius 1 is 1.33 bits per heavy atom. The van der Waals surface area contributed by atoms with Crippen molar-refractivity contribution in [2.75, 3.05) is 0 Å². The van der Waals surface area contributed by atoms with Crippen molar-refractivity contribution in [2.45, 2.75) is 26.8 Å². The molecule has 1 aromatic carbocycles. The number of nitrogens with zero attached hydrogens (tertiary/aromatic N) is 2. The van der Waals surface area contributed by atoms with E-state index in [0.717, 1.165) is 15.6 Å². The molecule has 0 radical (unpaired) electrons. The van der Waals surface area contributed by atoms with E-state index >= 15 is 0 Å². The fourth-order valence-electron chi connectivity index (χ4n) is 1.90. The highest BCUT2D eigenvalue weighted by Gasteiger charge is 2.21. The molecule has 0 aliphatic carbocycles. The van der Waals surface area contributed by atoms with Gasteiger partial charge in [0, 0.05) is 11.6 Å². The van der Waals surface area contributed by atoms with Crippen LogP contribution in [0.3, 0.4) is 0 Å². The molecule has 0 unspecified atom stereocenters. The molecule has 0 amide bonds. The zero-order valence-corrected chi connectivity index (χ0v) is 12.2. The lowest BCUT2D eigenvalue weighted by Crippen LogP contribution is -2.14. The molecular formula is C14H15BrN2O. The first-order valence-electron chi connectivity index (χ1n) is 5.85. The molecule has 0 aliphatic rings. The Kier molecular flexibility index (Phi) is 3.66. The van der Waals surface area contributed by atoms with Gasteiger partial charge in [-0.2, -0.15) is 5.10 Å². The van der Waals surface area contributed by atoms with Crippen LogP contribution in [0, 0.1) is 6.92 Å². The Labute approximate surface area is 115 Å². The fraction of sp³-hybridized carbons (Fsp3) is 0.286. The zero-order valence-electron chi connectivity index (χ0n) is 10.6. The van der Waals surface area contributed by atoms with Crippen LogP contribution in [0.15, 0.2) is 34.9 Å². The Hall–Kier alpha value is -1.42. The van der Waals surface area contributed by atoms with Crippen molar-refractivity contribution < 1.29 is 4.79 Å². The lowest BCUT2D eigenvalue weighted by Gasteiger charge is -2.11. The number of halogens is 1. The number of rotatable bonds is 3. The molecule has 1 heterocycles. The summed E-state index contributed by atoms with van der Waals surface area (Å²) in [6.07, 6.45) is 1.67. The predicted octanol–water partition coefficient (Wildman–Crippen LogP) is 3.77. The Balaban J connectivity index is 2.53. The minimum Gasteiger partial charge on any atom is -0.287 e. The molecule has 0 N–H and O–H groups in total. The number of aryl methyl sites for hydroxylation is 1. The third-order valence-electron chi connectivity index (χ3n) is 2.84. The maximum absolute atomic E-state index is 12.6. The van der Waals surface area contributed by atoms with Crippen LogP contribution in [0.5, 0.6) is 0 Å². The minimum atomic E-state index is 0.00572. The van der Waals surface area contributed by atoms with E-state index in [9.17, 15) is 4.79 Å². The number of carbonyl (C=O) groups excluding carboxylic acids is 1. The van der Waals surface area contributed by atoms with Crippen LogP contribution < -0.4 is 0 Å². The number of hydrogen-bond donors (Lipinski definition) is 0. The normalized spacial score (nSPS) is 10.9. The van der Waals surface area contributed by atoms with Crippen LogP contribution in [0.4, 0.5) is 0 Å². The van der Waals surface area contributed by atoms with Crippen molar-refractivity contribution in [3.8, 4) is 0 Å². The minimum absolute atomic E-state index is 0.00572. The van der Waals surface area contributed by atoms with E-state index in [2.05, 4.69) is 21.0 Å². The van der Waals surface area contributed by atoms with Gasteiger partial charge in [0.1, 0.15) is 5.69 Å². The third-order valence-corrected chi connectivity index (χ3v) is 3.43. The molecule has 0 fully saturated rings. The summed E-state index contributed by atoms with van der Waals surface area (Å²) >= 11 is 3.40. The van der Waals surface area contributed by atoms with Crippen LogP contribution >= 0.6 is 15.9 Å². The molecule has 4 heteroatoms. The summed E-state index contributed by atoms with van der Waals surface area (Å²) in [4.78, 5) is 12.6. The van der Waals surface area contributed by atoms with Gasteiger partial charge in [0.2, 0.25) is 5.78 Å². The van der Waals surface area contributed by atoms with E-state index in [4.69, 9.17) is 0 Å². The topological polar surface area (TPSA) is 34.9 Å². The lowest BCUT2D eigenvalue weighted by atomic mass is 10.0. The summed E-state index contributed by atoms with van der Waals surface area (Å²) in [5.74, 6) is 0.00572. The van der Waals surface area contributed by atoms with Gasteiger partial charge in [-0.3, -0.25) is 9.48 Å². The van der Waals surface area contributed by atoms with E-state index in [1.165, 1.54) is 0 Å². The quantitative estimate of drug-likeness (QED) is 0.809. The van der Waals surface area contributed by atoms with Crippen molar-refractivity contribution in [3.05, 3.63) is 51.8 Å². The highest BCUT2D eigenvalue weighted by molar-refractivity contribution is 9.10. The molecule has 0 bridgehead atoms. The molecule has 0 aliphatic heterocycles. The molecule has 3 nitrogen and oxygen atoms in total. The highest BCUT2D eigenvalue weighted by atomic mass is 79.9. The van der Waals surface area contributed by atoms with Crippen molar-refractivity contribution in [1.82, 2.24) is 9.78 Å². The second-order valence-electron chi connectivity index (χ2n) is 4.52. The van der Waals surface area contributed by atoms with Gasteiger partial charge in [0.05, 0.1) is 10.7 Å². The molecule has 1 aromatic heterocycles. The Morgan fingerprint density at radius 2 is 2.00 bits per heavy atom. The summed E-state index contributed by atoms with van der Waals surface area (Å²) in [5.41, 5.74) is 2.31. The Morgan fingerprint density at radius 3 is 2.61 bits per heavy atom. The fourth-order valence-corrected chi connectivity index (χ4v) is 2.35. The van der Waals surface area contributed by atoms with Crippen molar-refractivity contribution in [2.24, 2.45) is 0 Å². The van der Waals surface area contributed by atoms with Gasteiger partial charge in [-0.1, -0.05) is 24.3 Å². The van der Waals surface area contributed by atoms with Crippen molar-refractivity contribution in [1.29, 1.82) is 0 Å². The number of ketones is 1. The standard InChI is InChI=1S/C14H15BrN2O/c1-9(2)17-13(12(15)8-16-17)14(18)11-7-5-4-6-10(11)3/h4-9H,1-3H3. The highest BCUT2D eigenvalue weighted by Crippen LogP contribution is 2.23. The van der Waals surface area contributed by atoms with E-state index in [-0.39, 0.29) is 11.8 Å². The summed E-state index contributed by atoms with van der Waals surface area (Å²) in [6.45, 7) is 5.96. The third kappa shape index (κ3) is 2.25. The Bertz CT molecular complexity index is 587. The monoisotopic (exact) mass is 306 g/mol. The van der Waals surface area contributed by atoms with E-state index in [0.29, 0.717) is 5.69 Å². The van der Waals surface area contributed by atoms with Gasteiger partial charge in [0.25, 0.3) is 0 Å². The van der Waals surface area contributed by atoms with Gasteiger partial charge in [0.15, 0.2) is 0 Å². The zero-order chi connectivity index (χ0) is 13.3. The molecule has 94 valence electrons. The molecule has 0 saturated heterocycles. The van der Waals surface area contributed by atoms with Crippen molar-refractivity contribution in [3.63, 3.8) is 0 Å². The summed E-state index contributed by atoms with van der Waals surface area (Å²) in [5, 5.41) is 4.24. The number of benzene rings is 1. The maximum atomic E-state index is 12.6. The molecule has 0 saturated carbocycles. The largest absolute Gasteiger partial charge is 0.287 e. The van der Waals surface area contributed by atoms with Gasteiger partial charge < -0.3 is 0 Å². The van der Waals surface area contributed by atoms with Crippen LogP contribution in [-0.2, 0) is 0 Å². The molecule has 0 spiro atoms.